The minimum absolute atomic E-state index is 0.169. The van der Waals surface area contributed by atoms with Crippen molar-refractivity contribution in [1.82, 2.24) is 9.97 Å². The number of aromatic amines is 1. The molecule has 0 amide bonds. The quantitative estimate of drug-likeness (QED) is 0.775. The van der Waals surface area contributed by atoms with Gasteiger partial charge in [0, 0.05) is 6.07 Å². The lowest BCUT2D eigenvalue weighted by Gasteiger charge is -2.09. The highest BCUT2D eigenvalue weighted by atomic mass is 32.2. The summed E-state index contributed by atoms with van der Waals surface area (Å²) in [5.41, 5.74) is 1.83. The van der Waals surface area contributed by atoms with Crippen LogP contribution >= 0.6 is 0 Å². The van der Waals surface area contributed by atoms with Crippen LogP contribution in [-0.4, -0.2) is 25.5 Å². The number of aromatic nitrogens is 2. The minimum Gasteiger partial charge on any atom is -0.497 e. The van der Waals surface area contributed by atoms with Crippen LogP contribution in [0, 0.1) is 0 Å². The normalized spacial score (nSPS) is 11.5. The summed E-state index contributed by atoms with van der Waals surface area (Å²) < 4.78 is 32.4. The van der Waals surface area contributed by atoms with E-state index in [9.17, 15) is 8.42 Å². The van der Waals surface area contributed by atoms with E-state index in [0.717, 1.165) is 5.52 Å². The van der Waals surface area contributed by atoms with E-state index in [0.29, 0.717) is 17.0 Å². The van der Waals surface area contributed by atoms with Gasteiger partial charge in [-0.25, -0.2) is 13.4 Å². The average molecular weight is 303 g/mol. The zero-order valence-corrected chi connectivity index (χ0v) is 12.0. The predicted molar refractivity (Wildman–Crippen MR) is 79.9 cm³/mol. The summed E-state index contributed by atoms with van der Waals surface area (Å²) in [5.74, 6) is 0.583. The van der Waals surface area contributed by atoms with E-state index in [1.807, 2.05) is 0 Å². The molecule has 0 atom stereocenters. The molecule has 3 aromatic rings. The Morgan fingerprint density at radius 1 is 1.19 bits per heavy atom. The summed E-state index contributed by atoms with van der Waals surface area (Å²) in [7, 11) is -2.13. The molecule has 108 valence electrons. The second-order valence-corrected chi connectivity index (χ2v) is 6.10. The third kappa shape index (κ3) is 2.68. The van der Waals surface area contributed by atoms with Gasteiger partial charge in [0.05, 0.1) is 35.1 Å². The van der Waals surface area contributed by atoms with Crippen LogP contribution in [0.4, 0.5) is 5.69 Å². The van der Waals surface area contributed by atoms with Crippen molar-refractivity contribution < 1.29 is 13.2 Å². The molecule has 2 aromatic carbocycles. The molecule has 0 saturated carbocycles. The first-order valence-electron chi connectivity index (χ1n) is 6.18. The number of hydrogen-bond donors (Lipinski definition) is 2. The van der Waals surface area contributed by atoms with Crippen molar-refractivity contribution in [3.63, 3.8) is 0 Å². The molecular weight excluding hydrogens is 290 g/mol. The van der Waals surface area contributed by atoms with E-state index in [2.05, 4.69) is 14.7 Å². The van der Waals surface area contributed by atoms with Gasteiger partial charge in [0.15, 0.2) is 0 Å². The van der Waals surface area contributed by atoms with Crippen molar-refractivity contribution in [2.45, 2.75) is 4.90 Å². The molecule has 0 aliphatic heterocycles. The molecule has 1 aromatic heterocycles. The molecule has 7 heteroatoms. The monoisotopic (exact) mass is 303 g/mol. The zero-order valence-electron chi connectivity index (χ0n) is 11.2. The molecule has 0 radical (unpaired) electrons. The summed E-state index contributed by atoms with van der Waals surface area (Å²) in [6.07, 6.45) is 1.52. The molecule has 0 fully saturated rings. The number of methoxy groups -OCH3 is 1. The lowest BCUT2D eigenvalue weighted by molar-refractivity contribution is 0.415. The van der Waals surface area contributed by atoms with Crippen LogP contribution in [0.3, 0.4) is 0 Å². The van der Waals surface area contributed by atoms with Gasteiger partial charge in [-0.05, 0) is 30.3 Å². The summed E-state index contributed by atoms with van der Waals surface area (Å²) in [4.78, 5) is 7.12. The fourth-order valence-electron chi connectivity index (χ4n) is 1.98. The van der Waals surface area contributed by atoms with Gasteiger partial charge in [0.1, 0.15) is 5.75 Å². The number of nitrogens with one attached hydrogen (secondary N) is 2. The summed E-state index contributed by atoms with van der Waals surface area (Å²) in [6, 6.07) is 11.5. The fraction of sp³-hybridized carbons (Fsp3) is 0.0714. The predicted octanol–water partition coefficient (Wildman–Crippen LogP) is 2.37. The highest BCUT2D eigenvalue weighted by molar-refractivity contribution is 7.92. The summed E-state index contributed by atoms with van der Waals surface area (Å²) in [5, 5.41) is 0. The second kappa shape index (κ2) is 5.10. The lowest BCUT2D eigenvalue weighted by Crippen LogP contribution is -2.12. The maximum atomic E-state index is 12.4. The Labute approximate surface area is 121 Å². The van der Waals surface area contributed by atoms with Crippen LogP contribution in [0.5, 0.6) is 5.75 Å². The van der Waals surface area contributed by atoms with Crippen molar-refractivity contribution in [2.75, 3.05) is 11.8 Å². The van der Waals surface area contributed by atoms with Gasteiger partial charge in [0.2, 0.25) is 0 Å². The van der Waals surface area contributed by atoms with E-state index in [-0.39, 0.29) is 4.90 Å². The average Bonchev–Trinajstić information content (AvgIpc) is 2.94. The highest BCUT2D eigenvalue weighted by Crippen LogP contribution is 2.22. The Morgan fingerprint density at radius 2 is 2.05 bits per heavy atom. The highest BCUT2D eigenvalue weighted by Gasteiger charge is 2.15. The number of imidazole rings is 1. The molecule has 0 unspecified atom stereocenters. The zero-order chi connectivity index (χ0) is 14.9. The summed E-state index contributed by atoms with van der Waals surface area (Å²) in [6.45, 7) is 0. The van der Waals surface area contributed by atoms with Gasteiger partial charge in [-0.2, -0.15) is 0 Å². The van der Waals surface area contributed by atoms with Crippen LogP contribution in [0.1, 0.15) is 0 Å². The molecule has 3 rings (SSSR count). The molecule has 1 heterocycles. The number of nitrogens with zero attached hydrogens (tertiary/aromatic N) is 1. The number of ether oxygens (including phenoxy) is 1. The van der Waals surface area contributed by atoms with Gasteiger partial charge in [-0.15, -0.1) is 0 Å². The topological polar surface area (TPSA) is 84.1 Å². The minimum atomic E-state index is -3.66. The van der Waals surface area contributed by atoms with Gasteiger partial charge in [-0.1, -0.05) is 6.07 Å². The van der Waals surface area contributed by atoms with Crippen molar-refractivity contribution in [1.29, 1.82) is 0 Å². The van der Waals surface area contributed by atoms with Gasteiger partial charge >= 0.3 is 0 Å². The Morgan fingerprint density at radius 3 is 2.86 bits per heavy atom. The Kier molecular flexibility index (Phi) is 3.26. The molecule has 0 aliphatic carbocycles. The van der Waals surface area contributed by atoms with E-state index in [1.54, 1.807) is 36.4 Å². The fourth-order valence-corrected chi connectivity index (χ4v) is 3.06. The molecule has 0 aliphatic rings. The number of fused-ring (bicyclic) bond motifs is 1. The van der Waals surface area contributed by atoms with E-state index in [1.165, 1.54) is 19.5 Å². The standard InChI is InChI=1S/C14H13N3O3S/c1-20-11-4-2-3-10(7-11)17-21(18,19)12-5-6-13-14(8-12)16-9-15-13/h2-9,17H,1H3,(H,15,16). The first-order chi connectivity index (χ1) is 10.1. The first-order valence-corrected chi connectivity index (χ1v) is 7.67. The molecule has 21 heavy (non-hydrogen) atoms. The number of rotatable bonds is 4. The van der Waals surface area contributed by atoms with Gasteiger partial charge in [-0.3, -0.25) is 4.72 Å². The van der Waals surface area contributed by atoms with Crippen molar-refractivity contribution >= 4 is 26.7 Å². The third-order valence-electron chi connectivity index (χ3n) is 3.02. The lowest BCUT2D eigenvalue weighted by atomic mass is 10.3. The maximum absolute atomic E-state index is 12.4. The summed E-state index contributed by atoms with van der Waals surface area (Å²) >= 11 is 0. The molecule has 0 saturated heterocycles. The molecule has 6 nitrogen and oxygen atoms in total. The van der Waals surface area contributed by atoms with Crippen LogP contribution in [-0.2, 0) is 10.0 Å². The third-order valence-corrected chi connectivity index (χ3v) is 4.40. The molecule has 2 N–H and O–H groups in total. The maximum Gasteiger partial charge on any atom is 0.261 e. The number of H-pyrrole nitrogens is 1. The molecule has 0 spiro atoms. The number of hydrogen-bond acceptors (Lipinski definition) is 4. The van der Waals surface area contributed by atoms with E-state index >= 15 is 0 Å². The Balaban J connectivity index is 1.95. The Bertz CT molecular complexity index is 887. The van der Waals surface area contributed by atoms with Crippen LogP contribution in [0.2, 0.25) is 0 Å². The SMILES string of the molecule is COc1cccc(NS(=O)(=O)c2ccc3nc[nH]c3c2)c1. The number of anilines is 1. The van der Waals surface area contributed by atoms with Crippen molar-refractivity contribution in [3.05, 3.63) is 48.8 Å². The van der Waals surface area contributed by atoms with E-state index in [4.69, 9.17) is 4.74 Å². The molecule has 0 bridgehead atoms. The Hall–Kier alpha value is -2.54. The van der Waals surface area contributed by atoms with Gasteiger partial charge in [0.25, 0.3) is 10.0 Å². The van der Waals surface area contributed by atoms with Crippen LogP contribution < -0.4 is 9.46 Å². The van der Waals surface area contributed by atoms with Crippen molar-refractivity contribution in [3.8, 4) is 5.75 Å². The number of benzene rings is 2. The van der Waals surface area contributed by atoms with Crippen molar-refractivity contribution in [2.24, 2.45) is 0 Å². The first kappa shape index (κ1) is 13.4. The largest absolute Gasteiger partial charge is 0.497 e. The smallest absolute Gasteiger partial charge is 0.261 e. The molecular formula is C14H13N3O3S. The second-order valence-electron chi connectivity index (χ2n) is 4.42. The van der Waals surface area contributed by atoms with Crippen LogP contribution in [0.25, 0.3) is 11.0 Å². The van der Waals surface area contributed by atoms with E-state index < -0.39 is 10.0 Å². The van der Waals surface area contributed by atoms with Gasteiger partial charge < -0.3 is 9.72 Å². The number of sulfonamides is 1. The van der Waals surface area contributed by atoms with Crippen LogP contribution in [0.15, 0.2) is 53.7 Å².